The fraction of sp³-hybridized carbons (Fsp3) is 0.947. The lowest BCUT2D eigenvalue weighted by Crippen LogP contribution is -2.67. The van der Waals surface area contributed by atoms with E-state index >= 15 is 0 Å². The molecule has 0 aromatic rings. The van der Waals surface area contributed by atoms with Crippen LogP contribution in [0.4, 0.5) is 0 Å². The van der Waals surface area contributed by atoms with Gasteiger partial charge in [0.25, 0.3) is 0 Å². The number of hydrogen-bond donors (Lipinski definition) is 2. The van der Waals surface area contributed by atoms with Crippen molar-refractivity contribution in [2.24, 2.45) is 16.3 Å². The Labute approximate surface area is 175 Å². The minimum Gasteiger partial charge on any atom is -0.381 e. The maximum atomic E-state index is 5.92. The standard InChI is InChI=1S/C19H35N3O3.HI/c1-4-20-18(21-9-5-10-24-14-6-11-23-12-7-14)22-16-15-8-13-25-17(15)19(16,2)3;/h14-17H,4-13H2,1-3H3,(H2,20,21,22);1H. The van der Waals surface area contributed by atoms with Crippen molar-refractivity contribution in [2.45, 2.75) is 64.7 Å². The Hall–Kier alpha value is -0.120. The molecule has 3 aliphatic rings. The minimum absolute atomic E-state index is 0. The number of halogens is 1. The lowest BCUT2D eigenvalue weighted by Gasteiger charge is -2.54. The first-order chi connectivity index (χ1) is 12.1. The first-order valence-corrected chi connectivity index (χ1v) is 9.98. The summed E-state index contributed by atoms with van der Waals surface area (Å²) in [6, 6.07) is 0.441. The molecular formula is C19H36IN3O3. The van der Waals surface area contributed by atoms with Crippen LogP contribution in [0.3, 0.4) is 0 Å². The van der Waals surface area contributed by atoms with Gasteiger partial charge in [-0.25, -0.2) is 0 Å². The minimum atomic E-state index is 0. The molecule has 0 bridgehead atoms. The smallest absolute Gasteiger partial charge is 0.191 e. The van der Waals surface area contributed by atoms with Crippen LogP contribution in [0.1, 0.15) is 46.5 Å². The molecule has 3 fully saturated rings. The lowest BCUT2D eigenvalue weighted by molar-refractivity contribution is -0.106. The lowest BCUT2D eigenvalue weighted by atomic mass is 9.57. The molecule has 2 saturated heterocycles. The summed E-state index contributed by atoms with van der Waals surface area (Å²) in [7, 11) is 0. The second kappa shape index (κ2) is 10.4. The Morgan fingerprint density at radius 3 is 2.69 bits per heavy atom. The highest BCUT2D eigenvalue weighted by Gasteiger charge is 2.59. The number of ether oxygens (including phenoxy) is 3. The molecule has 1 aliphatic carbocycles. The number of aliphatic imine (C=N–C) groups is 1. The van der Waals surface area contributed by atoms with Gasteiger partial charge in [-0.15, -0.1) is 24.0 Å². The highest BCUT2D eigenvalue weighted by atomic mass is 127. The van der Waals surface area contributed by atoms with Crippen LogP contribution in [0.15, 0.2) is 4.99 Å². The maximum Gasteiger partial charge on any atom is 0.191 e. The molecule has 0 amide bonds. The quantitative estimate of drug-likeness (QED) is 0.253. The van der Waals surface area contributed by atoms with E-state index in [4.69, 9.17) is 19.2 Å². The third-order valence-electron chi connectivity index (χ3n) is 5.83. The summed E-state index contributed by atoms with van der Waals surface area (Å²) >= 11 is 0. The number of hydrogen-bond acceptors (Lipinski definition) is 4. The van der Waals surface area contributed by atoms with Crippen LogP contribution < -0.4 is 10.6 Å². The van der Waals surface area contributed by atoms with Gasteiger partial charge in [-0.3, -0.25) is 4.99 Å². The third-order valence-corrected chi connectivity index (χ3v) is 5.83. The van der Waals surface area contributed by atoms with Gasteiger partial charge >= 0.3 is 0 Å². The van der Waals surface area contributed by atoms with Gasteiger partial charge in [0.05, 0.1) is 12.2 Å². The largest absolute Gasteiger partial charge is 0.381 e. The molecule has 0 spiro atoms. The number of nitrogens with zero attached hydrogens (tertiary/aromatic N) is 1. The molecule has 1 saturated carbocycles. The summed E-state index contributed by atoms with van der Waals surface area (Å²) < 4.78 is 17.2. The number of guanidine groups is 1. The number of fused-ring (bicyclic) bond motifs is 1. The molecule has 7 heteroatoms. The van der Waals surface area contributed by atoms with Gasteiger partial charge < -0.3 is 24.8 Å². The zero-order chi connectivity index (χ0) is 17.7. The van der Waals surface area contributed by atoms with Gasteiger partial charge in [0, 0.05) is 56.9 Å². The van der Waals surface area contributed by atoms with Crippen LogP contribution >= 0.6 is 24.0 Å². The molecule has 0 radical (unpaired) electrons. The first kappa shape index (κ1) is 22.2. The van der Waals surface area contributed by atoms with Crippen LogP contribution in [-0.4, -0.2) is 63.7 Å². The van der Waals surface area contributed by atoms with Gasteiger partial charge in [-0.2, -0.15) is 0 Å². The fourth-order valence-electron chi connectivity index (χ4n) is 4.43. The molecule has 2 heterocycles. The van der Waals surface area contributed by atoms with Crippen molar-refractivity contribution >= 4 is 29.9 Å². The van der Waals surface area contributed by atoms with E-state index in [-0.39, 0.29) is 29.4 Å². The molecule has 6 nitrogen and oxygen atoms in total. The predicted molar refractivity (Wildman–Crippen MR) is 114 cm³/mol. The van der Waals surface area contributed by atoms with E-state index in [2.05, 4.69) is 31.4 Å². The Morgan fingerprint density at radius 2 is 1.96 bits per heavy atom. The molecule has 3 unspecified atom stereocenters. The summed E-state index contributed by atoms with van der Waals surface area (Å²) in [5, 5.41) is 7.04. The van der Waals surface area contributed by atoms with E-state index < -0.39 is 0 Å². The van der Waals surface area contributed by atoms with Gasteiger partial charge in [-0.1, -0.05) is 13.8 Å². The van der Waals surface area contributed by atoms with Crippen molar-refractivity contribution in [3.63, 3.8) is 0 Å². The SMILES string of the molecule is CCNC(=NCCCOC1CCOCC1)NC1C2CCOC2C1(C)C.I. The van der Waals surface area contributed by atoms with Crippen LogP contribution in [-0.2, 0) is 14.2 Å². The molecule has 2 aliphatic heterocycles. The van der Waals surface area contributed by atoms with Gasteiger partial charge in [-0.05, 0) is 32.6 Å². The van der Waals surface area contributed by atoms with Crippen molar-refractivity contribution in [1.82, 2.24) is 10.6 Å². The monoisotopic (exact) mass is 481 g/mol. The maximum absolute atomic E-state index is 5.92. The van der Waals surface area contributed by atoms with Crippen molar-refractivity contribution in [3.05, 3.63) is 0 Å². The van der Waals surface area contributed by atoms with Crippen molar-refractivity contribution in [3.8, 4) is 0 Å². The first-order valence-electron chi connectivity index (χ1n) is 9.98. The van der Waals surface area contributed by atoms with E-state index in [1.807, 2.05) is 0 Å². The second-order valence-electron chi connectivity index (χ2n) is 7.98. The van der Waals surface area contributed by atoms with Crippen molar-refractivity contribution in [2.75, 3.05) is 39.5 Å². The summed E-state index contributed by atoms with van der Waals surface area (Å²) in [5.74, 6) is 1.55. The molecule has 0 aromatic carbocycles. The van der Waals surface area contributed by atoms with E-state index in [1.165, 1.54) is 0 Å². The van der Waals surface area contributed by atoms with Crippen molar-refractivity contribution < 1.29 is 14.2 Å². The van der Waals surface area contributed by atoms with E-state index in [0.717, 1.165) is 71.2 Å². The summed E-state index contributed by atoms with van der Waals surface area (Å²) in [6.45, 7) is 11.7. The molecule has 152 valence electrons. The van der Waals surface area contributed by atoms with Crippen molar-refractivity contribution in [1.29, 1.82) is 0 Å². The number of rotatable bonds is 7. The van der Waals surface area contributed by atoms with E-state index in [1.54, 1.807) is 0 Å². The van der Waals surface area contributed by atoms with Crippen LogP contribution in [0.25, 0.3) is 0 Å². The zero-order valence-electron chi connectivity index (χ0n) is 16.5. The van der Waals surface area contributed by atoms with Crippen LogP contribution in [0, 0.1) is 11.3 Å². The highest BCUT2D eigenvalue weighted by Crippen LogP contribution is 2.52. The average molecular weight is 481 g/mol. The summed E-state index contributed by atoms with van der Waals surface area (Å²) in [4.78, 5) is 4.75. The Kier molecular flexibility index (Phi) is 8.90. The topological polar surface area (TPSA) is 64.1 Å². The Morgan fingerprint density at radius 1 is 1.19 bits per heavy atom. The molecular weight excluding hydrogens is 445 g/mol. The zero-order valence-corrected chi connectivity index (χ0v) is 18.8. The average Bonchev–Trinajstić information content (AvgIpc) is 3.07. The molecule has 26 heavy (non-hydrogen) atoms. The molecule has 3 rings (SSSR count). The fourth-order valence-corrected chi connectivity index (χ4v) is 4.43. The molecule has 3 atom stereocenters. The Bertz CT molecular complexity index is 455. The second-order valence-corrected chi connectivity index (χ2v) is 7.98. The summed E-state index contributed by atoms with van der Waals surface area (Å²) in [5.41, 5.74) is 0.170. The third kappa shape index (κ3) is 5.23. The predicted octanol–water partition coefficient (Wildman–Crippen LogP) is 2.56. The van der Waals surface area contributed by atoms with Gasteiger partial charge in [0.1, 0.15) is 0 Å². The molecule has 0 aromatic heterocycles. The number of nitrogens with one attached hydrogen (secondary N) is 2. The van der Waals surface area contributed by atoms with Gasteiger partial charge in [0.2, 0.25) is 0 Å². The van der Waals surface area contributed by atoms with E-state index in [9.17, 15) is 0 Å². The highest BCUT2D eigenvalue weighted by molar-refractivity contribution is 14.0. The summed E-state index contributed by atoms with van der Waals surface area (Å²) in [6.07, 6.45) is 4.94. The molecule has 2 N–H and O–H groups in total. The van der Waals surface area contributed by atoms with E-state index in [0.29, 0.717) is 24.2 Å². The Balaban J connectivity index is 0.00000243. The normalized spacial score (nSPS) is 30.9. The van der Waals surface area contributed by atoms with Crippen LogP contribution in [0.2, 0.25) is 0 Å². The van der Waals surface area contributed by atoms with Gasteiger partial charge in [0.15, 0.2) is 5.96 Å². The van der Waals surface area contributed by atoms with Crippen LogP contribution in [0.5, 0.6) is 0 Å².